The van der Waals surface area contributed by atoms with Gasteiger partial charge < -0.3 is 4.90 Å². The molecule has 0 aromatic carbocycles. The lowest BCUT2D eigenvalue weighted by atomic mass is 10.3. The predicted molar refractivity (Wildman–Crippen MR) is 53.6 cm³/mol. The van der Waals surface area contributed by atoms with Crippen molar-refractivity contribution in [2.45, 2.75) is 13.1 Å². The third kappa shape index (κ3) is 3.18. The molecule has 0 spiro atoms. The molecule has 0 N–H and O–H groups in total. The first-order chi connectivity index (χ1) is 7.30. The van der Waals surface area contributed by atoms with Crippen LogP contribution in [-0.2, 0) is 6.18 Å². The predicted octanol–water partition coefficient (Wildman–Crippen LogP) is 2.03. The van der Waals surface area contributed by atoms with E-state index in [1.165, 1.54) is 13.3 Å². The largest absolute Gasteiger partial charge is 0.435 e. The van der Waals surface area contributed by atoms with Gasteiger partial charge in [0.2, 0.25) is 0 Å². The third-order valence-electron chi connectivity index (χ3n) is 1.62. The van der Waals surface area contributed by atoms with E-state index in [9.17, 15) is 13.2 Å². The Bertz CT molecular complexity index is 398. The van der Waals surface area contributed by atoms with Crippen molar-refractivity contribution in [2.75, 3.05) is 14.1 Å². The van der Waals surface area contributed by atoms with Crippen LogP contribution in [0.5, 0.6) is 0 Å². The van der Waals surface area contributed by atoms with E-state index in [0.29, 0.717) is 0 Å². The molecule has 88 valence electrons. The Balaban J connectivity index is 3.00. The molecule has 16 heavy (non-hydrogen) atoms. The van der Waals surface area contributed by atoms with E-state index in [1.807, 2.05) is 0 Å². The molecule has 0 saturated heterocycles. The van der Waals surface area contributed by atoms with Crippen LogP contribution < -0.4 is 0 Å². The van der Waals surface area contributed by atoms with Crippen molar-refractivity contribution < 1.29 is 13.2 Å². The SMILES string of the molecule is Cc1nc(/N=C\N(C)C)cnc1C(F)(F)F. The molecule has 7 heteroatoms. The second-order valence-electron chi connectivity index (χ2n) is 3.37. The van der Waals surface area contributed by atoms with Gasteiger partial charge in [-0.15, -0.1) is 0 Å². The maximum atomic E-state index is 12.3. The molecule has 0 aliphatic rings. The van der Waals surface area contributed by atoms with Crippen molar-refractivity contribution in [3.63, 3.8) is 0 Å². The number of aliphatic imine (C=N–C) groups is 1. The molecule has 4 nitrogen and oxygen atoms in total. The molecule has 1 aromatic rings. The second kappa shape index (κ2) is 4.46. The lowest BCUT2D eigenvalue weighted by Gasteiger charge is -2.08. The van der Waals surface area contributed by atoms with Gasteiger partial charge in [0.05, 0.1) is 18.2 Å². The Morgan fingerprint density at radius 2 is 2.00 bits per heavy atom. The zero-order chi connectivity index (χ0) is 12.3. The topological polar surface area (TPSA) is 41.4 Å². The molecule has 0 unspecified atom stereocenters. The fourth-order valence-corrected chi connectivity index (χ4v) is 0.984. The summed E-state index contributed by atoms with van der Waals surface area (Å²) in [6.07, 6.45) is -2.03. The highest BCUT2D eigenvalue weighted by atomic mass is 19.4. The molecule has 0 fully saturated rings. The first-order valence-electron chi connectivity index (χ1n) is 4.42. The van der Waals surface area contributed by atoms with E-state index < -0.39 is 11.9 Å². The normalized spacial score (nSPS) is 12.1. The average Bonchev–Trinajstić information content (AvgIpc) is 2.12. The van der Waals surface area contributed by atoms with Crippen molar-refractivity contribution >= 4 is 12.2 Å². The standard InChI is InChI=1S/C9H11F3N4/c1-6-8(9(10,11)12)13-4-7(15-6)14-5-16(2)3/h4-5H,1-3H3/b14-5-. The van der Waals surface area contributed by atoms with E-state index in [4.69, 9.17) is 0 Å². The number of aromatic nitrogens is 2. The fraction of sp³-hybridized carbons (Fsp3) is 0.444. The van der Waals surface area contributed by atoms with Crippen molar-refractivity contribution in [2.24, 2.45) is 4.99 Å². The van der Waals surface area contributed by atoms with Crippen LogP contribution in [0.1, 0.15) is 11.4 Å². The van der Waals surface area contributed by atoms with Crippen LogP contribution in [0, 0.1) is 6.92 Å². The number of rotatable bonds is 2. The number of nitrogens with zero attached hydrogens (tertiary/aromatic N) is 4. The zero-order valence-electron chi connectivity index (χ0n) is 9.08. The van der Waals surface area contributed by atoms with Gasteiger partial charge in [-0.1, -0.05) is 0 Å². The van der Waals surface area contributed by atoms with Crippen molar-refractivity contribution in [3.05, 3.63) is 17.6 Å². The molecule has 0 aliphatic carbocycles. The summed E-state index contributed by atoms with van der Waals surface area (Å²) >= 11 is 0. The quantitative estimate of drug-likeness (QED) is 0.578. The van der Waals surface area contributed by atoms with Gasteiger partial charge in [-0.3, -0.25) is 0 Å². The van der Waals surface area contributed by atoms with Crippen LogP contribution in [0.25, 0.3) is 0 Å². The Morgan fingerprint density at radius 1 is 1.38 bits per heavy atom. The van der Waals surface area contributed by atoms with E-state index in [2.05, 4.69) is 15.0 Å². The molecular formula is C9H11F3N4. The smallest absolute Gasteiger partial charge is 0.369 e. The fourth-order valence-electron chi connectivity index (χ4n) is 0.984. The van der Waals surface area contributed by atoms with Crippen LogP contribution in [-0.4, -0.2) is 35.3 Å². The number of halogens is 3. The van der Waals surface area contributed by atoms with Gasteiger partial charge in [0.1, 0.15) is 0 Å². The minimum absolute atomic E-state index is 0.152. The van der Waals surface area contributed by atoms with Gasteiger partial charge >= 0.3 is 6.18 Å². The van der Waals surface area contributed by atoms with Crippen LogP contribution >= 0.6 is 0 Å². The second-order valence-corrected chi connectivity index (χ2v) is 3.37. The zero-order valence-corrected chi connectivity index (χ0v) is 9.08. The van der Waals surface area contributed by atoms with Gasteiger partial charge in [0.25, 0.3) is 0 Å². The summed E-state index contributed by atoms with van der Waals surface area (Å²) in [7, 11) is 3.49. The van der Waals surface area contributed by atoms with Gasteiger partial charge in [-0.2, -0.15) is 13.2 Å². The molecule has 1 rings (SSSR count). The molecule has 1 aromatic heterocycles. The lowest BCUT2D eigenvalue weighted by molar-refractivity contribution is -0.141. The van der Waals surface area contributed by atoms with Crippen LogP contribution in [0.15, 0.2) is 11.2 Å². The average molecular weight is 232 g/mol. The highest BCUT2D eigenvalue weighted by Gasteiger charge is 2.35. The third-order valence-corrected chi connectivity index (χ3v) is 1.62. The van der Waals surface area contributed by atoms with Gasteiger partial charge in [0.15, 0.2) is 11.5 Å². The molecular weight excluding hydrogens is 221 g/mol. The molecule has 0 saturated carbocycles. The van der Waals surface area contributed by atoms with E-state index in [0.717, 1.165) is 6.20 Å². The minimum atomic E-state index is -4.47. The molecule has 0 bridgehead atoms. The summed E-state index contributed by atoms with van der Waals surface area (Å²) < 4.78 is 37.0. The monoisotopic (exact) mass is 232 g/mol. The van der Waals surface area contributed by atoms with Gasteiger partial charge in [-0.05, 0) is 6.92 Å². The number of hydrogen-bond acceptors (Lipinski definition) is 3. The molecule has 0 atom stereocenters. The Kier molecular flexibility index (Phi) is 3.46. The number of alkyl halides is 3. The van der Waals surface area contributed by atoms with Gasteiger partial charge in [-0.25, -0.2) is 15.0 Å². The molecule has 0 aliphatic heterocycles. The Morgan fingerprint density at radius 3 is 2.44 bits per heavy atom. The Labute approximate surface area is 90.8 Å². The van der Waals surface area contributed by atoms with Crippen LogP contribution in [0.2, 0.25) is 0 Å². The van der Waals surface area contributed by atoms with E-state index in [-0.39, 0.29) is 11.5 Å². The maximum Gasteiger partial charge on any atom is 0.435 e. The molecule has 1 heterocycles. The van der Waals surface area contributed by atoms with E-state index in [1.54, 1.807) is 19.0 Å². The summed E-state index contributed by atoms with van der Waals surface area (Å²) in [4.78, 5) is 12.5. The summed E-state index contributed by atoms with van der Waals surface area (Å²) in [6.45, 7) is 1.25. The first-order valence-corrected chi connectivity index (χ1v) is 4.42. The summed E-state index contributed by atoms with van der Waals surface area (Å²) in [5.74, 6) is 0.152. The molecule has 0 amide bonds. The van der Waals surface area contributed by atoms with Crippen molar-refractivity contribution in [3.8, 4) is 0 Å². The summed E-state index contributed by atoms with van der Waals surface area (Å²) in [5, 5.41) is 0. The highest BCUT2D eigenvalue weighted by Crippen LogP contribution is 2.29. The highest BCUT2D eigenvalue weighted by molar-refractivity contribution is 5.58. The van der Waals surface area contributed by atoms with Crippen LogP contribution in [0.4, 0.5) is 19.0 Å². The minimum Gasteiger partial charge on any atom is -0.369 e. The first kappa shape index (κ1) is 12.4. The number of aryl methyl sites for hydroxylation is 1. The Hall–Kier alpha value is -1.66. The number of hydrogen-bond donors (Lipinski definition) is 0. The van der Waals surface area contributed by atoms with Crippen molar-refractivity contribution in [1.82, 2.24) is 14.9 Å². The van der Waals surface area contributed by atoms with Gasteiger partial charge in [0, 0.05) is 14.1 Å². The maximum absolute atomic E-state index is 12.3. The van der Waals surface area contributed by atoms with E-state index >= 15 is 0 Å². The summed E-state index contributed by atoms with van der Waals surface area (Å²) in [6, 6.07) is 0. The summed E-state index contributed by atoms with van der Waals surface area (Å²) in [5.41, 5.74) is -1.16. The van der Waals surface area contributed by atoms with Crippen LogP contribution in [0.3, 0.4) is 0 Å². The lowest BCUT2D eigenvalue weighted by Crippen LogP contribution is -2.11. The molecule has 0 radical (unpaired) electrons. The van der Waals surface area contributed by atoms with Crippen molar-refractivity contribution in [1.29, 1.82) is 0 Å².